The molecule has 1 heterocycles. The molecular formula is C22H33FO2. The Hall–Kier alpha value is -0.410. The second-order valence-corrected chi connectivity index (χ2v) is 10.5. The molecule has 0 aromatic heterocycles. The maximum absolute atomic E-state index is 15.5. The molecule has 1 aliphatic heterocycles. The van der Waals surface area contributed by atoms with E-state index in [1.807, 2.05) is 13.8 Å². The summed E-state index contributed by atoms with van der Waals surface area (Å²) in [5.74, 6) is 0.902. The van der Waals surface area contributed by atoms with Crippen molar-refractivity contribution < 1.29 is 13.9 Å². The molecule has 5 rings (SSSR count). The Bertz CT molecular complexity index is 626. The van der Waals surface area contributed by atoms with Gasteiger partial charge in [-0.1, -0.05) is 20.3 Å². The Labute approximate surface area is 151 Å². The van der Waals surface area contributed by atoms with Gasteiger partial charge < -0.3 is 9.47 Å². The first-order valence-electron chi connectivity index (χ1n) is 10.5. The van der Waals surface area contributed by atoms with Crippen LogP contribution in [-0.2, 0) is 9.47 Å². The largest absolute Gasteiger partial charge is 0.345 e. The highest BCUT2D eigenvalue weighted by Gasteiger charge is 2.62. The van der Waals surface area contributed by atoms with Crippen LogP contribution >= 0.6 is 0 Å². The van der Waals surface area contributed by atoms with Gasteiger partial charge in [0.15, 0.2) is 5.79 Å². The maximum atomic E-state index is 15.5. The molecule has 0 spiro atoms. The summed E-state index contributed by atoms with van der Waals surface area (Å²) in [6.45, 7) is 8.88. The quantitative estimate of drug-likeness (QED) is 0.553. The van der Waals surface area contributed by atoms with Crippen LogP contribution in [0.4, 0.5) is 4.39 Å². The lowest BCUT2D eigenvalue weighted by Gasteiger charge is -2.58. The Morgan fingerprint density at radius 1 is 0.920 bits per heavy atom. The van der Waals surface area contributed by atoms with Crippen LogP contribution in [-0.4, -0.2) is 18.0 Å². The summed E-state index contributed by atoms with van der Waals surface area (Å²) < 4.78 is 28.0. The second kappa shape index (κ2) is 5.10. The van der Waals surface area contributed by atoms with Crippen LogP contribution in [0.1, 0.15) is 79.1 Å². The molecule has 0 amide bonds. The first kappa shape index (κ1) is 16.7. The highest BCUT2D eigenvalue weighted by atomic mass is 19.1. The average Bonchev–Trinajstić information content (AvgIpc) is 3.07. The van der Waals surface area contributed by atoms with E-state index in [0.717, 1.165) is 12.8 Å². The maximum Gasteiger partial charge on any atom is 0.163 e. The van der Waals surface area contributed by atoms with Gasteiger partial charge in [-0.15, -0.1) is 0 Å². The van der Waals surface area contributed by atoms with E-state index in [0.29, 0.717) is 23.7 Å². The highest BCUT2D eigenvalue weighted by molar-refractivity contribution is 5.30. The molecule has 1 saturated heterocycles. The van der Waals surface area contributed by atoms with Crippen molar-refractivity contribution in [1.29, 1.82) is 0 Å². The first-order chi connectivity index (χ1) is 11.7. The summed E-state index contributed by atoms with van der Waals surface area (Å²) in [4.78, 5) is 0. The fourth-order valence-electron chi connectivity index (χ4n) is 7.53. The minimum Gasteiger partial charge on any atom is -0.345 e. The average molecular weight is 349 g/mol. The van der Waals surface area contributed by atoms with E-state index in [1.54, 1.807) is 0 Å². The molecule has 0 aromatic rings. The van der Waals surface area contributed by atoms with E-state index in [1.165, 1.54) is 37.7 Å². The van der Waals surface area contributed by atoms with E-state index in [4.69, 9.17) is 9.47 Å². The molecule has 140 valence electrons. The summed E-state index contributed by atoms with van der Waals surface area (Å²) in [6.07, 6.45) is 9.24. The number of fused-ring (bicyclic) bond motifs is 7. The van der Waals surface area contributed by atoms with Crippen LogP contribution in [0.3, 0.4) is 0 Å². The third kappa shape index (κ3) is 2.21. The number of ether oxygens (including phenoxy) is 2. The van der Waals surface area contributed by atoms with Crippen LogP contribution in [0.5, 0.6) is 0 Å². The van der Waals surface area contributed by atoms with Gasteiger partial charge in [0.05, 0.1) is 12.2 Å². The SMILES string of the molecule is CC1(C)O[C@H]2[C@H](CC[C@]3(C)[C@H]4CC[C@@]5(C)CCC[C@H]5C4=C(F)C[C@@H]23)O1. The molecule has 25 heavy (non-hydrogen) atoms. The normalized spacial score (nSPS) is 53.9. The fraction of sp³-hybridized carbons (Fsp3) is 0.909. The second-order valence-electron chi connectivity index (χ2n) is 10.5. The minimum absolute atomic E-state index is 0.0675. The lowest BCUT2D eigenvalue weighted by Crippen LogP contribution is -2.54. The van der Waals surface area contributed by atoms with Crippen molar-refractivity contribution in [3.8, 4) is 0 Å². The Kier molecular flexibility index (Phi) is 3.41. The van der Waals surface area contributed by atoms with Crippen LogP contribution in [0.2, 0.25) is 0 Å². The van der Waals surface area contributed by atoms with Crippen molar-refractivity contribution in [3.63, 3.8) is 0 Å². The van der Waals surface area contributed by atoms with Gasteiger partial charge in [-0.25, -0.2) is 4.39 Å². The standard InChI is InChI=1S/C22H33FO2/c1-20(2)24-17-8-11-22(4)14-7-10-21(3)9-5-6-13(21)18(14)16(23)12-15(22)19(17)25-20/h13-15,17,19H,5-12H2,1-4H3/t13-,14-,15-,17-,19+,21+,22+/m0/s1. The highest BCUT2D eigenvalue weighted by Crippen LogP contribution is 2.67. The molecule has 0 aromatic carbocycles. The van der Waals surface area contributed by atoms with Crippen LogP contribution in [0, 0.1) is 28.6 Å². The van der Waals surface area contributed by atoms with Crippen molar-refractivity contribution >= 4 is 0 Å². The van der Waals surface area contributed by atoms with Crippen LogP contribution in [0.25, 0.3) is 0 Å². The lowest BCUT2D eigenvalue weighted by atomic mass is 9.48. The zero-order valence-corrected chi connectivity index (χ0v) is 16.2. The molecule has 0 N–H and O–H groups in total. The summed E-state index contributed by atoms with van der Waals surface area (Å²) >= 11 is 0. The van der Waals surface area contributed by atoms with E-state index < -0.39 is 5.79 Å². The number of rotatable bonds is 0. The van der Waals surface area contributed by atoms with Gasteiger partial charge in [-0.05, 0) is 86.5 Å². The fourth-order valence-corrected chi connectivity index (χ4v) is 7.53. The zero-order chi connectivity index (χ0) is 17.6. The summed E-state index contributed by atoms with van der Waals surface area (Å²) in [7, 11) is 0. The van der Waals surface area contributed by atoms with Gasteiger partial charge in [0.25, 0.3) is 0 Å². The Morgan fingerprint density at radius 2 is 1.72 bits per heavy atom. The molecule has 3 heteroatoms. The molecule has 0 bridgehead atoms. The first-order valence-corrected chi connectivity index (χ1v) is 10.5. The number of hydrogen-bond donors (Lipinski definition) is 0. The summed E-state index contributed by atoms with van der Waals surface area (Å²) in [5, 5.41) is 0. The molecule has 0 unspecified atom stereocenters. The molecule has 3 saturated carbocycles. The predicted molar refractivity (Wildman–Crippen MR) is 95.6 cm³/mol. The predicted octanol–water partition coefficient (Wildman–Crippen LogP) is 5.77. The summed E-state index contributed by atoms with van der Waals surface area (Å²) in [5.41, 5.74) is 1.78. The molecule has 4 fully saturated rings. The topological polar surface area (TPSA) is 18.5 Å². The number of halogens is 1. The third-order valence-electron chi connectivity index (χ3n) is 8.78. The van der Waals surface area contributed by atoms with Crippen molar-refractivity contribution in [1.82, 2.24) is 0 Å². The van der Waals surface area contributed by atoms with Crippen molar-refractivity contribution in [2.24, 2.45) is 28.6 Å². The van der Waals surface area contributed by atoms with Gasteiger partial charge >= 0.3 is 0 Å². The van der Waals surface area contributed by atoms with Crippen molar-refractivity contribution in [2.45, 2.75) is 97.1 Å². The molecule has 4 aliphatic carbocycles. The Morgan fingerprint density at radius 3 is 2.52 bits per heavy atom. The molecule has 2 nitrogen and oxygen atoms in total. The zero-order valence-electron chi connectivity index (χ0n) is 16.2. The number of allylic oxidation sites excluding steroid dienone is 2. The van der Waals surface area contributed by atoms with Gasteiger partial charge in [0, 0.05) is 6.42 Å². The van der Waals surface area contributed by atoms with Crippen LogP contribution < -0.4 is 0 Å². The van der Waals surface area contributed by atoms with Crippen LogP contribution in [0.15, 0.2) is 11.4 Å². The van der Waals surface area contributed by atoms with E-state index in [2.05, 4.69) is 13.8 Å². The van der Waals surface area contributed by atoms with Crippen molar-refractivity contribution in [3.05, 3.63) is 11.4 Å². The van der Waals surface area contributed by atoms with Gasteiger partial charge in [-0.2, -0.15) is 0 Å². The van der Waals surface area contributed by atoms with Crippen molar-refractivity contribution in [2.75, 3.05) is 0 Å². The molecule has 5 aliphatic rings. The molecular weight excluding hydrogens is 315 g/mol. The molecule has 7 atom stereocenters. The van der Waals surface area contributed by atoms with Gasteiger partial charge in [-0.3, -0.25) is 0 Å². The van der Waals surface area contributed by atoms with E-state index >= 15 is 4.39 Å². The van der Waals surface area contributed by atoms with Gasteiger partial charge in [0.2, 0.25) is 0 Å². The summed E-state index contributed by atoms with van der Waals surface area (Å²) in [6, 6.07) is 0. The van der Waals surface area contributed by atoms with E-state index in [9.17, 15) is 0 Å². The molecule has 0 radical (unpaired) electrons. The van der Waals surface area contributed by atoms with Gasteiger partial charge in [0.1, 0.15) is 5.83 Å². The lowest BCUT2D eigenvalue weighted by molar-refractivity contribution is -0.154. The Balaban J connectivity index is 1.55. The van der Waals surface area contributed by atoms with E-state index in [-0.39, 0.29) is 29.4 Å². The third-order valence-corrected chi connectivity index (χ3v) is 8.78. The minimum atomic E-state index is -0.516. The number of hydrogen-bond acceptors (Lipinski definition) is 2. The smallest absolute Gasteiger partial charge is 0.163 e. The monoisotopic (exact) mass is 348 g/mol.